The van der Waals surface area contributed by atoms with Gasteiger partial charge in [-0.3, -0.25) is 4.79 Å². The van der Waals surface area contributed by atoms with Gasteiger partial charge in [-0.15, -0.1) is 0 Å². The summed E-state index contributed by atoms with van der Waals surface area (Å²) in [4.78, 5) is 15.5. The van der Waals surface area contributed by atoms with E-state index in [0.717, 1.165) is 46.4 Å². The SMILES string of the molecule is CCOC(=O)C1CCCc2c1[nH]c1c(Cl)c(C)ccc21. The molecule has 0 amide bonds. The number of esters is 1. The number of aromatic amines is 1. The van der Waals surface area contributed by atoms with Crippen molar-refractivity contribution in [1.82, 2.24) is 4.98 Å². The number of carbonyl (C=O) groups excluding carboxylic acids is 1. The zero-order valence-corrected chi connectivity index (χ0v) is 12.5. The van der Waals surface area contributed by atoms with Gasteiger partial charge in [0.15, 0.2) is 0 Å². The molecule has 106 valence electrons. The van der Waals surface area contributed by atoms with Gasteiger partial charge >= 0.3 is 5.97 Å². The van der Waals surface area contributed by atoms with Crippen molar-refractivity contribution in [3.63, 3.8) is 0 Å². The van der Waals surface area contributed by atoms with Crippen molar-refractivity contribution < 1.29 is 9.53 Å². The van der Waals surface area contributed by atoms with Gasteiger partial charge in [0.2, 0.25) is 0 Å². The molecule has 1 aliphatic rings. The number of H-pyrrole nitrogens is 1. The molecule has 1 aliphatic carbocycles. The molecule has 4 heteroatoms. The minimum absolute atomic E-state index is 0.132. The molecule has 0 saturated carbocycles. The van der Waals surface area contributed by atoms with Crippen LogP contribution in [0.1, 0.15) is 42.5 Å². The number of benzene rings is 1. The van der Waals surface area contributed by atoms with Gasteiger partial charge in [0.05, 0.1) is 23.1 Å². The van der Waals surface area contributed by atoms with Crippen LogP contribution in [0.15, 0.2) is 12.1 Å². The number of hydrogen-bond donors (Lipinski definition) is 1. The molecule has 20 heavy (non-hydrogen) atoms. The van der Waals surface area contributed by atoms with Crippen molar-refractivity contribution in [3.8, 4) is 0 Å². The summed E-state index contributed by atoms with van der Waals surface area (Å²) in [6, 6.07) is 4.13. The molecule has 1 heterocycles. The van der Waals surface area contributed by atoms with Crippen LogP contribution in [0.2, 0.25) is 5.02 Å². The fourth-order valence-electron chi connectivity index (χ4n) is 3.08. The summed E-state index contributed by atoms with van der Waals surface area (Å²) >= 11 is 6.39. The Morgan fingerprint density at radius 1 is 1.50 bits per heavy atom. The molecule has 0 aliphatic heterocycles. The first kappa shape index (κ1) is 13.5. The Bertz CT molecular complexity index is 675. The molecular formula is C16H18ClNO2. The third kappa shape index (κ3) is 2.01. The number of hydrogen-bond acceptors (Lipinski definition) is 2. The molecule has 0 fully saturated rings. The van der Waals surface area contributed by atoms with E-state index in [1.807, 2.05) is 19.9 Å². The fraction of sp³-hybridized carbons (Fsp3) is 0.438. The van der Waals surface area contributed by atoms with Gasteiger partial charge in [0.1, 0.15) is 0 Å². The van der Waals surface area contributed by atoms with E-state index in [1.54, 1.807) is 0 Å². The number of carbonyl (C=O) groups is 1. The van der Waals surface area contributed by atoms with Crippen molar-refractivity contribution in [1.29, 1.82) is 0 Å². The smallest absolute Gasteiger partial charge is 0.314 e. The number of ether oxygens (including phenoxy) is 1. The van der Waals surface area contributed by atoms with Crippen LogP contribution in [0, 0.1) is 6.92 Å². The topological polar surface area (TPSA) is 42.1 Å². The molecule has 3 rings (SSSR count). The Hall–Kier alpha value is -1.48. The van der Waals surface area contributed by atoms with Crippen molar-refractivity contribution in [2.75, 3.05) is 6.61 Å². The molecule has 0 saturated heterocycles. The predicted octanol–water partition coefficient (Wildman–Crippen LogP) is 4.11. The van der Waals surface area contributed by atoms with Gasteiger partial charge in [-0.1, -0.05) is 23.7 Å². The third-order valence-electron chi connectivity index (χ3n) is 4.08. The van der Waals surface area contributed by atoms with Crippen molar-refractivity contribution in [2.45, 2.75) is 39.0 Å². The number of nitrogens with one attached hydrogen (secondary N) is 1. The number of aryl methyl sites for hydroxylation is 2. The van der Waals surface area contributed by atoms with Gasteiger partial charge in [-0.2, -0.15) is 0 Å². The van der Waals surface area contributed by atoms with Gasteiger partial charge in [0.25, 0.3) is 0 Å². The molecule has 0 radical (unpaired) electrons. The van der Waals surface area contributed by atoms with Gasteiger partial charge < -0.3 is 9.72 Å². The van der Waals surface area contributed by atoms with Crippen LogP contribution in [-0.4, -0.2) is 17.6 Å². The van der Waals surface area contributed by atoms with Crippen molar-refractivity contribution in [3.05, 3.63) is 34.0 Å². The lowest BCUT2D eigenvalue weighted by molar-refractivity contribution is -0.145. The number of halogens is 1. The van der Waals surface area contributed by atoms with E-state index in [4.69, 9.17) is 16.3 Å². The summed E-state index contributed by atoms with van der Waals surface area (Å²) in [5, 5.41) is 1.89. The minimum Gasteiger partial charge on any atom is -0.465 e. The largest absolute Gasteiger partial charge is 0.465 e. The second kappa shape index (κ2) is 5.13. The normalized spacial score (nSPS) is 18.1. The predicted molar refractivity (Wildman–Crippen MR) is 80.4 cm³/mol. The molecule has 0 spiro atoms. The number of fused-ring (bicyclic) bond motifs is 3. The quantitative estimate of drug-likeness (QED) is 0.846. The lowest BCUT2D eigenvalue weighted by Crippen LogP contribution is -2.20. The molecule has 1 atom stereocenters. The summed E-state index contributed by atoms with van der Waals surface area (Å²) in [6.45, 7) is 4.25. The second-order valence-corrected chi connectivity index (χ2v) is 5.71. The van der Waals surface area contributed by atoms with Crippen LogP contribution in [0.3, 0.4) is 0 Å². The highest BCUT2D eigenvalue weighted by Gasteiger charge is 2.31. The summed E-state index contributed by atoms with van der Waals surface area (Å²) in [5.74, 6) is -0.310. The Labute approximate surface area is 123 Å². The van der Waals surface area contributed by atoms with Crippen LogP contribution >= 0.6 is 11.6 Å². The average molecular weight is 292 g/mol. The summed E-state index contributed by atoms with van der Waals surface area (Å²) in [5.41, 5.74) is 4.22. The van der Waals surface area contributed by atoms with E-state index >= 15 is 0 Å². The molecule has 2 aromatic rings. The summed E-state index contributed by atoms with van der Waals surface area (Å²) in [6.07, 6.45) is 2.84. The molecule has 1 unspecified atom stereocenters. The van der Waals surface area contributed by atoms with E-state index in [0.29, 0.717) is 6.61 Å². The van der Waals surface area contributed by atoms with Crippen LogP contribution < -0.4 is 0 Å². The molecule has 1 aromatic heterocycles. The minimum atomic E-state index is -0.178. The summed E-state index contributed by atoms with van der Waals surface area (Å²) < 4.78 is 5.20. The molecular weight excluding hydrogens is 274 g/mol. The average Bonchev–Trinajstić information content (AvgIpc) is 2.82. The number of aromatic nitrogens is 1. The van der Waals surface area contributed by atoms with Gasteiger partial charge in [0, 0.05) is 11.1 Å². The Balaban J connectivity index is 2.15. The van der Waals surface area contributed by atoms with Gasteiger partial charge in [-0.25, -0.2) is 0 Å². The van der Waals surface area contributed by atoms with Crippen LogP contribution in [0.25, 0.3) is 10.9 Å². The second-order valence-electron chi connectivity index (χ2n) is 5.33. The molecule has 0 bridgehead atoms. The van der Waals surface area contributed by atoms with Crippen LogP contribution in [0.4, 0.5) is 0 Å². The number of rotatable bonds is 2. The Kier molecular flexibility index (Phi) is 3.47. The highest BCUT2D eigenvalue weighted by atomic mass is 35.5. The van der Waals surface area contributed by atoms with E-state index in [-0.39, 0.29) is 11.9 Å². The zero-order chi connectivity index (χ0) is 14.3. The maximum absolute atomic E-state index is 12.1. The first-order chi connectivity index (χ1) is 9.63. The first-order valence-corrected chi connectivity index (χ1v) is 7.47. The lowest BCUT2D eigenvalue weighted by atomic mass is 9.87. The molecule has 1 N–H and O–H groups in total. The van der Waals surface area contributed by atoms with E-state index < -0.39 is 0 Å². The van der Waals surface area contributed by atoms with Crippen molar-refractivity contribution in [2.24, 2.45) is 0 Å². The zero-order valence-electron chi connectivity index (χ0n) is 11.8. The van der Waals surface area contributed by atoms with E-state index in [1.165, 1.54) is 5.56 Å². The van der Waals surface area contributed by atoms with Crippen LogP contribution in [-0.2, 0) is 16.0 Å². The Morgan fingerprint density at radius 3 is 3.05 bits per heavy atom. The van der Waals surface area contributed by atoms with E-state index in [2.05, 4.69) is 11.1 Å². The highest BCUT2D eigenvalue weighted by Crippen LogP contribution is 2.39. The summed E-state index contributed by atoms with van der Waals surface area (Å²) in [7, 11) is 0. The van der Waals surface area contributed by atoms with Gasteiger partial charge in [-0.05, 0) is 44.2 Å². The molecule has 3 nitrogen and oxygen atoms in total. The third-order valence-corrected chi connectivity index (χ3v) is 4.57. The monoisotopic (exact) mass is 291 g/mol. The fourth-order valence-corrected chi connectivity index (χ4v) is 3.29. The maximum Gasteiger partial charge on any atom is 0.314 e. The molecule has 1 aromatic carbocycles. The first-order valence-electron chi connectivity index (χ1n) is 7.09. The van der Waals surface area contributed by atoms with Crippen molar-refractivity contribution >= 4 is 28.5 Å². The maximum atomic E-state index is 12.1. The lowest BCUT2D eigenvalue weighted by Gasteiger charge is -2.20. The Morgan fingerprint density at radius 2 is 2.30 bits per heavy atom. The highest BCUT2D eigenvalue weighted by molar-refractivity contribution is 6.36. The van der Waals surface area contributed by atoms with E-state index in [9.17, 15) is 4.79 Å². The van der Waals surface area contributed by atoms with Crippen LogP contribution in [0.5, 0.6) is 0 Å². The standard InChI is InChI=1S/C16H18ClNO2/c1-3-20-16(19)12-6-4-5-10-11-8-7-9(2)13(17)15(11)18-14(10)12/h7-8,12,18H,3-6H2,1-2H3.